The highest BCUT2D eigenvalue weighted by atomic mass is 35.5. The highest BCUT2D eigenvalue weighted by Crippen LogP contribution is 2.38. The van der Waals surface area contributed by atoms with Gasteiger partial charge in [-0.1, -0.05) is 41.9 Å². The Balaban J connectivity index is 1.93. The van der Waals surface area contributed by atoms with Gasteiger partial charge in [0.25, 0.3) is 0 Å². The number of ether oxygens (including phenoxy) is 2. The van der Waals surface area contributed by atoms with Gasteiger partial charge in [-0.3, -0.25) is 0 Å². The monoisotopic (exact) mass is 458 g/mol. The number of nitrogens with zero attached hydrogens (tertiary/aromatic N) is 2. The first kappa shape index (κ1) is 23.4. The van der Waals surface area contributed by atoms with Crippen molar-refractivity contribution in [3.63, 3.8) is 0 Å². The van der Waals surface area contributed by atoms with Crippen LogP contribution in [0, 0.1) is 22.7 Å². The minimum atomic E-state index is -1.04. The summed E-state index contributed by atoms with van der Waals surface area (Å²) in [5.74, 6) is -0.290. The van der Waals surface area contributed by atoms with Gasteiger partial charge >= 0.3 is 5.97 Å². The highest BCUT2D eigenvalue weighted by molar-refractivity contribution is 6.32. The predicted octanol–water partition coefficient (Wildman–Crippen LogP) is 5.95. The molecule has 3 rings (SSSR count). The Morgan fingerprint density at radius 1 is 1.06 bits per heavy atom. The molecule has 0 fully saturated rings. The molecule has 0 aliphatic heterocycles. The lowest BCUT2D eigenvalue weighted by Gasteiger charge is -2.15. The van der Waals surface area contributed by atoms with E-state index in [1.807, 2.05) is 13.0 Å². The van der Waals surface area contributed by atoms with Crippen molar-refractivity contribution in [3.05, 3.63) is 93.5 Å². The maximum atomic E-state index is 11.1. The third-order valence-corrected chi connectivity index (χ3v) is 5.00. The quantitative estimate of drug-likeness (QED) is 0.330. The van der Waals surface area contributed by atoms with Crippen molar-refractivity contribution in [3.8, 4) is 23.6 Å². The van der Waals surface area contributed by atoms with E-state index in [2.05, 4.69) is 12.1 Å². The second kappa shape index (κ2) is 10.9. The molecule has 0 atom stereocenters. The molecule has 0 aromatic heterocycles. The Labute approximate surface area is 196 Å². The fraction of sp³-hybridized carbons (Fsp3) is 0.115. The van der Waals surface area contributed by atoms with E-state index in [4.69, 9.17) is 26.2 Å². The molecular weight excluding hydrogens is 440 g/mol. The van der Waals surface area contributed by atoms with Crippen LogP contribution in [0.25, 0.3) is 11.6 Å². The molecule has 0 heterocycles. The highest BCUT2D eigenvalue weighted by Gasteiger charge is 2.14. The average Bonchev–Trinajstić information content (AvgIpc) is 2.82. The van der Waals surface area contributed by atoms with E-state index in [9.17, 15) is 15.3 Å². The fourth-order valence-corrected chi connectivity index (χ4v) is 3.39. The van der Waals surface area contributed by atoms with Crippen LogP contribution in [-0.2, 0) is 6.61 Å². The zero-order valence-electron chi connectivity index (χ0n) is 17.7. The van der Waals surface area contributed by atoms with Crippen molar-refractivity contribution in [2.75, 3.05) is 6.61 Å². The van der Waals surface area contributed by atoms with E-state index in [0.29, 0.717) is 45.4 Å². The van der Waals surface area contributed by atoms with E-state index in [1.54, 1.807) is 48.5 Å². The standard InChI is InChI=1S/C26H19ClN2O4/c1-2-32-24-13-17(11-22(15-29)18-7-9-19(10-8-18)26(30)31)12-23(27)25(24)33-16-21-6-4-3-5-20(21)14-28/h3-13H,2,16H2,1H3,(H,30,31)/b22-11+. The first-order valence-corrected chi connectivity index (χ1v) is 10.4. The van der Waals surface area contributed by atoms with Gasteiger partial charge < -0.3 is 14.6 Å². The molecular formula is C26H19ClN2O4. The summed E-state index contributed by atoms with van der Waals surface area (Å²) in [5, 5.41) is 28.2. The number of carboxylic acids is 1. The van der Waals surface area contributed by atoms with Crippen molar-refractivity contribution in [1.29, 1.82) is 10.5 Å². The Morgan fingerprint density at radius 2 is 1.76 bits per heavy atom. The number of hydrogen-bond donors (Lipinski definition) is 1. The summed E-state index contributed by atoms with van der Waals surface area (Å²) in [7, 11) is 0. The van der Waals surface area contributed by atoms with Gasteiger partial charge in [0.05, 0.1) is 40.5 Å². The number of carboxylic acid groups (broad SMARTS) is 1. The lowest BCUT2D eigenvalue weighted by molar-refractivity contribution is 0.0697. The van der Waals surface area contributed by atoms with Crippen molar-refractivity contribution < 1.29 is 19.4 Å². The molecule has 3 aromatic carbocycles. The molecule has 0 saturated heterocycles. The summed E-state index contributed by atoms with van der Waals surface area (Å²) in [6.45, 7) is 2.34. The van der Waals surface area contributed by atoms with Crippen molar-refractivity contribution in [2.24, 2.45) is 0 Å². The van der Waals surface area contributed by atoms with Gasteiger partial charge in [0.1, 0.15) is 6.61 Å². The topological polar surface area (TPSA) is 103 Å². The zero-order valence-corrected chi connectivity index (χ0v) is 18.5. The van der Waals surface area contributed by atoms with Gasteiger partial charge in [0.2, 0.25) is 0 Å². The second-order valence-electron chi connectivity index (χ2n) is 6.87. The average molecular weight is 459 g/mol. The van der Waals surface area contributed by atoms with Gasteiger partial charge in [-0.2, -0.15) is 10.5 Å². The number of aromatic carboxylic acids is 1. The summed E-state index contributed by atoms with van der Waals surface area (Å²) in [6.07, 6.45) is 1.64. The van der Waals surface area contributed by atoms with Gasteiger partial charge in [0.15, 0.2) is 11.5 Å². The fourth-order valence-electron chi connectivity index (χ4n) is 3.12. The largest absolute Gasteiger partial charge is 0.490 e. The minimum Gasteiger partial charge on any atom is -0.490 e. The number of nitriles is 2. The molecule has 6 nitrogen and oxygen atoms in total. The van der Waals surface area contributed by atoms with Crippen LogP contribution in [-0.4, -0.2) is 17.7 Å². The Hall–Kier alpha value is -4.26. The molecule has 0 bridgehead atoms. The van der Waals surface area contributed by atoms with Crippen molar-refractivity contribution in [1.82, 2.24) is 0 Å². The second-order valence-corrected chi connectivity index (χ2v) is 7.28. The van der Waals surface area contributed by atoms with E-state index in [0.717, 1.165) is 5.56 Å². The van der Waals surface area contributed by atoms with Gasteiger partial charge in [0, 0.05) is 5.56 Å². The summed E-state index contributed by atoms with van der Waals surface area (Å²) < 4.78 is 11.6. The number of carbonyl (C=O) groups is 1. The van der Waals surface area contributed by atoms with Crippen molar-refractivity contribution in [2.45, 2.75) is 13.5 Å². The Kier molecular flexibility index (Phi) is 7.70. The van der Waals surface area contributed by atoms with Crippen LogP contribution in [0.1, 0.15) is 39.5 Å². The minimum absolute atomic E-state index is 0.136. The van der Waals surface area contributed by atoms with E-state index >= 15 is 0 Å². The maximum absolute atomic E-state index is 11.1. The van der Waals surface area contributed by atoms with Crippen LogP contribution in [0.4, 0.5) is 0 Å². The number of hydrogen-bond acceptors (Lipinski definition) is 5. The summed E-state index contributed by atoms with van der Waals surface area (Å²) in [4.78, 5) is 11.1. The van der Waals surface area contributed by atoms with Crippen LogP contribution < -0.4 is 9.47 Å². The summed E-state index contributed by atoms with van der Waals surface area (Å²) in [6, 6.07) is 20.8. The Morgan fingerprint density at radius 3 is 2.39 bits per heavy atom. The normalized spacial score (nSPS) is 10.7. The third-order valence-electron chi connectivity index (χ3n) is 4.72. The predicted molar refractivity (Wildman–Crippen MR) is 125 cm³/mol. The first-order chi connectivity index (χ1) is 16.0. The molecule has 7 heteroatoms. The molecule has 33 heavy (non-hydrogen) atoms. The molecule has 0 unspecified atom stereocenters. The molecule has 0 saturated carbocycles. The molecule has 3 aromatic rings. The SMILES string of the molecule is CCOc1cc(/C=C(\C#N)c2ccc(C(=O)O)cc2)cc(Cl)c1OCc1ccccc1C#N. The molecule has 1 N–H and O–H groups in total. The van der Waals surface area contributed by atoms with Crippen LogP contribution in [0.5, 0.6) is 11.5 Å². The number of halogens is 1. The number of allylic oxidation sites excluding steroid dienone is 1. The van der Waals surface area contributed by atoms with Gasteiger partial charge in [-0.25, -0.2) is 4.79 Å². The zero-order chi connectivity index (χ0) is 23.8. The summed E-state index contributed by atoms with van der Waals surface area (Å²) in [5.41, 5.74) is 2.90. The lowest BCUT2D eigenvalue weighted by Crippen LogP contribution is -2.02. The van der Waals surface area contributed by atoms with Crippen LogP contribution in [0.15, 0.2) is 60.7 Å². The van der Waals surface area contributed by atoms with Crippen molar-refractivity contribution >= 4 is 29.2 Å². The van der Waals surface area contributed by atoms with E-state index in [-0.39, 0.29) is 12.2 Å². The molecule has 0 spiro atoms. The summed E-state index contributed by atoms with van der Waals surface area (Å²) >= 11 is 6.49. The third kappa shape index (κ3) is 5.71. The number of rotatable bonds is 8. The first-order valence-electron chi connectivity index (χ1n) is 9.99. The molecule has 0 radical (unpaired) electrons. The van der Waals surface area contributed by atoms with Crippen LogP contribution in [0.3, 0.4) is 0 Å². The Bertz CT molecular complexity index is 1290. The molecule has 164 valence electrons. The number of benzene rings is 3. The maximum Gasteiger partial charge on any atom is 0.335 e. The van der Waals surface area contributed by atoms with Crippen LogP contribution in [0.2, 0.25) is 5.02 Å². The molecule has 0 aliphatic rings. The lowest BCUT2D eigenvalue weighted by atomic mass is 10.0. The van der Waals surface area contributed by atoms with Gasteiger partial charge in [-0.15, -0.1) is 0 Å². The van der Waals surface area contributed by atoms with Crippen LogP contribution >= 0.6 is 11.6 Å². The smallest absolute Gasteiger partial charge is 0.335 e. The molecule has 0 amide bonds. The van der Waals surface area contributed by atoms with E-state index in [1.165, 1.54) is 12.1 Å². The van der Waals surface area contributed by atoms with Gasteiger partial charge in [-0.05, 0) is 54.5 Å². The van der Waals surface area contributed by atoms with E-state index < -0.39 is 5.97 Å². The molecule has 0 aliphatic carbocycles.